The number of sulfonamides is 1. The Morgan fingerprint density at radius 3 is 2.12 bits per heavy atom. The number of hydrogen-bond acceptors (Lipinski definition) is 5. The van der Waals surface area contributed by atoms with Crippen LogP contribution in [-0.2, 0) is 26.2 Å². The summed E-state index contributed by atoms with van der Waals surface area (Å²) in [5.74, 6) is -0.495. The predicted octanol–water partition coefficient (Wildman–Crippen LogP) is 6.18. The van der Waals surface area contributed by atoms with Crippen LogP contribution >= 0.6 is 34.8 Å². The van der Waals surface area contributed by atoms with E-state index >= 15 is 0 Å². The van der Waals surface area contributed by atoms with Crippen molar-refractivity contribution in [1.29, 1.82) is 0 Å². The topological polar surface area (TPSA) is 96.0 Å². The number of benzene rings is 3. The first-order valence-corrected chi connectivity index (χ1v) is 15.4. The molecule has 0 saturated heterocycles. The largest absolute Gasteiger partial charge is 0.497 e. The Morgan fingerprint density at radius 2 is 1.56 bits per heavy atom. The fourth-order valence-corrected chi connectivity index (χ4v) is 5.75. The number of anilines is 1. The standard InChI is InChI=1S/C29H32Cl3N3O5S/c1-5-19(2)33-29(37)20(3)34(17-21-6-15-26(31)27(32)16-21)28(36)18-35(23-9-7-22(30)8-10-23)41(38,39)25-13-11-24(40-4)12-14-25/h6-16,19-20H,5,17-18H2,1-4H3,(H,33,37). The molecule has 8 nitrogen and oxygen atoms in total. The van der Waals surface area contributed by atoms with Crippen molar-refractivity contribution in [3.63, 3.8) is 0 Å². The van der Waals surface area contributed by atoms with E-state index in [0.717, 1.165) is 4.31 Å². The molecule has 3 rings (SSSR count). The SMILES string of the molecule is CCC(C)NC(=O)C(C)N(Cc1ccc(Cl)c(Cl)c1)C(=O)CN(c1ccc(Cl)cc1)S(=O)(=O)c1ccc(OC)cc1. The van der Waals surface area contributed by atoms with E-state index in [0.29, 0.717) is 27.8 Å². The van der Waals surface area contributed by atoms with Gasteiger partial charge in [0, 0.05) is 17.6 Å². The average molecular weight is 641 g/mol. The molecule has 0 saturated carbocycles. The van der Waals surface area contributed by atoms with E-state index in [9.17, 15) is 18.0 Å². The molecule has 0 heterocycles. The number of nitrogens with one attached hydrogen (secondary N) is 1. The van der Waals surface area contributed by atoms with Gasteiger partial charge >= 0.3 is 0 Å². The molecule has 2 atom stereocenters. The minimum absolute atomic E-state index is 0.0120. The summed E-state index contributed by atoms with van der Waals surface area (Å²) >= 11 is 18.3. The van der Waals surface area contributed by atoms with Crippen molar-refractivity contribution in [2.24, 2.45) is 0 Å². The second-order valence-electron chi connectivity index (χ2n) is 9.43. The molecular formula is C29H32Cl3N3O5S. The van der Waals surface area contributed by atoms with Crippen molar-refractivity contribution in [1.82, 2.24) is 10.2 Å². The number of nitrogens with zero attached hydrogens (tertiary/aromatic N) is 2. The lowest BCUT2D eigenvalue weighted by molar-refractivity contribution is -0.139. The molecule has 0 aliphatic heterocycles. The maximum atomic E-state index is 14.0. The van der Waals surface area contributed by atoms with Gasteiger partial charge < -0.3 is 15.0 Å². The predicted molar refractivity (Wildman–Crippen MR) is 163 cm³/mol. The van der Waals surface area contributed by atoms with Crippen LogP contribution < -0.4 is 14.4 Å². The Kier molecular flexibility index (Phi) is 11.3. The Hall–Kier alpha value is -2.98. The van der Waals surface area contributed by atoms with Gasteiger partial charge in [0.2, 0.25) is 11.8 Å². The van der Waals surface area contributed by atoms with Crippen LogP contribution in [0, 0.1) is 0 Å². The number of carbonyl (C=O) groups is 2. The van der Waals surface area contributed by atoms with Crippen LogP contribution in [0.5, 0.6) is 5.75 Å². The Bertz CT molecular complexity index is 1470. The molecule has 0 aliphatic carbocycles. The Morgan fingerprint density at radius 1 is 0.927 bits per heavy atom. The van der Waals surface area contributed by atoms with Gasteiger partial charge in [-0.15, -0.1) is 0 Å². The van der Waals surface area contributed by atoms with Crippen LogP contribution in [0.2, 0.25) is 15.1 Å². The third-order valence-corrected chi connectivity index (χ3v) is 9.33. The number of ether oxygens (including phenoxy) is 1. The van der Waals surface area contributed by atoms with Crippen LogP contribution in [-0.4, -0.2) is 50.9 Å². The monoisotopic (exact) mass is 639 g/mol. The molecule has 2 amide bonds. The van der Waals surface area contributed by atoms with Crippen LogP contribution in [0.15, 0.2) is 71.6 Å². The van der Waals surface area contributed by atoms with Crippen LogP contribution in [0.25, 0.3) is 0 Å². The quantitative estimate of drug-likeness (QED) is 0.255. The van der Waals surface area contributed by atoms with Gasteiger partial charge in [0.05, 0.1) is 27.7 Å². The van der Waals surface area contributed by atoms with Gasteiger partial charge in [-0.25, -0.2) is 8.42 Å². The maximum absolute atomic E-state index is 14.0. The molecular weight excluding hydrogens is 609 g/mol. The van der Waals surface area contributed by atoms with E-state index in [1.807, 2.05) is 13.8 Å². The summed E-state index contributed by atoms with van der Waals surface area (Å²) in [6.07, 6.45) is 0.698. The van der Waals surface area contributed by atoms with Crippen LogP contribution in [0.4, 0.5) is 5.69 Å². The van der Waals surface area contributed by atoms with Crippen molar-refractivity contribution in [3.05, 3.63) is 87.4 Å². The van der Waals surface area contributed by atoms with E-state index in [4.69, 9.17) is 39.5 Å². The highest BCUT2D eigenvalue weighted by Gasteiger charge is 2.33. The molecule has 220 valence electrons. The molecule has 1 N–H and O–H groups in total. The summed E-state index contributed by atoms with van der Waals surface area (Å²) in [4.78, 5) is 28.4. The van der Waals surface area contributed by atoms with E-state index in [1.165, 1.54) is 60.5 Å². The fraction of sp³-hybridized carbons (Fsp3) is 0.310. The normalized spacial score (nSPS) is 12.8. The van der Waals surface area contributed by atoms with E-state index < -0.39 is 28.5 Å². The highest BCUT2D eigenvalue weighted by Crippen LogP contribution is 2.28. The number of halogens is 3. The molecule has 0 bridgehead atoms. The summed E-state index contributed by atoms with van der Waals surface area (Å²) in [6, 6.07) is 15.8. The van der Waals surface area contributed by atoms with E-state index in [1.54, 1.807) is 25.1 Å². The van der Waals surface area contributed by atoms with Gasteiger partial charge in [0.1, 0.15) is 18.3 Å². The summed E-state index contributed by atoms with van der Waals surface area (Å²) in [5.41, 5.74) is 0.844. The highest BCUT2D eigenvalue weighted by molar-refractivity contribution is 7.92. The van der Waals surface area contributed by atoms with Crippen molar-refractivity contribution in [2.75, 3.05) is 18.0 Å². The van der Waals surface area contributed by atoms with Crippen molar-refractivity contribution < 1.29 is 22.7 Å². The minimum atomic E-state index is -4.23. The molecule has 41 heavy (non-hydrogen) atoms. The zero-order valence-electron chi connectivity index (χ0n) is 23.1. The molecule has 0 aliphatic rings. The van der Waals surface area contributed by atoms with Crippen molar-refractivity contribution >= 4 is 62.3 Å². The van der Waals surface area contributed by atoms with Crippen LogP contribution in [0.1, 0.15) is 32.8 Å². The number of rotatable bonds is 12. The lowest BCUT2D eigenvalue weighted by atomic mass is 10.1. The Labute approximate surface area is 256 Å². The molecule has 3 aromatic rings. The van der Waals surface area contributed by atoms with Gasteiger partial charge in [-0.05, 0) is 86.5 Å². The molecule has 0 aromatic heterocycles. The zero-order chi connectivity index (χ0) is 30.3. The number of carbonyl (C=O) groups excluding carboxylic acids is 2. The maximum Gasteiger partial charge on any atom is 0.264 e. The summed E-state index contributed by atoms with van der Waals surface area (Å²) < 4.78 is 33.9. The third-order valence-electron chi connectivity index (χ3n) is 6.55. The smallest absolute Gasteiger partial charge is 0.264 e. The second kappa shape index (κ2) is 14.3. The van der Waals surface area contributed by atoms with Gasteiger partial charge in [0.15, 0.2) is 0 Å². The molecule has 0 fully saturated rings. The van der Waals surface area contributed by atoms with Crippen molar-refractivity contribution in [3.8, 4) is 5.75 Å². The van der Waals surface area contributed by atoms with Gasteiger partial charge in [-0.2, -0.15) is 0 Å². The summed E-state index contributed by atoms with van der Waals surface area (Å²) in [5, 5.41) is 3.92. The summed E-state index contributed by atoms with van der Waals surface area (Å²) in [7, 11) is -2.75. The van der Waals surface area contributed by atoms with E-state index in [2.05, 4.69) is 5.32 Å². The highest BCUT2D eigenvalue weighted by atomic mass is 35.5. The number of hydrogen-bond donors (Lipinski definition) is 1. The lowest BCUT2D eigenvalue weighted by Gasteiger charge is -2.32. The lowest BCUT2D eigenvalue weighted by Crippen LogP contribution is -2.52. The van der Waals surface area contributed by atoms with Crippen molar-refractivity contribution in [2.45, 2.75) is 50.7 Å². The first-order chi connectivity index (χ1) is 19.4. The first-order valence-electron chi connectivity index (χ1n) is 12.8. The van der Waals surface area contributed by atoms with Gasteiger partial charge in [-0.1, -0.05) is 47.8 Å². The summed E-state index contributed by atoms with van der Waals surface area (Å²) in [6.45, 7) is 4.79. The molecule has 12 heteroatoms. The number of amides is 2. The molecule has 0 radical (unpaired) electrons. The molecule has 0 spiro atoms. The third kappa shape index (κ3) is 8.29. The first kappa shape index (κ1) is 32.5. The van der Waals surface area contributed by atoms with Gasteiger partial charge in [0.25, 0.3) is 10.0 Å². The van der Waals surface area contributed by atoms with E-state index in [-0.39, 0.29) is 34.1 Å². The molecule has 3 aromatic carbocycles. The Balaban J connectivity index is 2.03. The zero-order valence-corrected chi connectivity index (χ0v) is 26.2. The van der Waals surface area contributed by atoms with Gasteiger partial charge in [-0.3, -0.25) is 13.9 Å². The van der Waals surface area contributed by atoms with Crippen LogP contribution in [0.3, 0.4) is 0 Å². The average Bonchev–Trinajstić information content (AvgIpc) is 2.96. The molecule has 2 unspecified atom stereocenters. The number of methoxy groups -OCH3 is 1. The second-order valence-corrected chi connectivity index (χ2v) is 12.5. The fourth-order valence-electron chi connectivity index (χ4n) is 3.89. The minimum Gasteiger partial charge on any atom is -0.497 e.